The maximum Gasteiger partial charge on any atom is 0.0200 e. The summed E-state index contributed by atoms with van der Waals surface area (Å²) >= 11 is 0. The number of hydrogen-bond donors (Lipinski definition) is 1. The van der Waals surface area contributed by atoms with E-state index in [0.717, 1.165) is 0 Å². The van der Waals surface area contributed by atoms with E-state index in [-0.39, 0.29) is 5.54 Å². The summed E-state index contributed by atoms with van der Waals surface area (Å²) in [6, 6.07) is 0. The first-order valence-corrected chi connectivity index (χ1v) is 5.74. The molecule has 0 aromatic carbocycles. The summed E-state index contributed by atoms with van der Waals surface area (Å²) in [6.45, 7) is 11.2. The second-order valence-electron chi connectivity index (χ2n) is 4.88. The van der Waals surface area contributed by atoms with Crippen LogP contribution in [0.1, 0.15) is 60.3 Å². The van der Waals surface area contributed by atoms with Gasteiger partial charge in [-0.2, -0.15) is 0 Å². The summed E-state index contributed by atoms with van der Waals surface area (Å²) in [5, 5.41) is 0. The minimum absolute atomic E-state index is 0.0508. The van der Waals surface area contributed by atoms with E-state index in [9.17, 15) is 0 Å². The van der Waals surface area contributed by atoms with Crippen molar-refractivity contribution in [2.24, 2.45) is 17.6 Å². The van der Waals surface area contributed by atoms with E-state index < -0.39 is 0 Å². The molecule has 0 rings (SSSR count). The molecule has 0 atom stereocenters. The van der Waals surface area contributed by atoms with Gasteiger partial charge < -0.3 is 5.73 Å². The van der Waals surface area contributed by atoms with Crippen LogP contribution in [0.5, 0.6) is 0 Å². The van der Waals surface area contributed by atoms with Crippen LogP contribution in [0.15, 0.2) is 0 Å². The standard InChI is InChI=1S/C12H27N/c1-6-7-8-9-12(13,10(2)3)11(4)5/h10-11H,6-9,13H2,1-5H3. The molecule has 0 aliphatic carbocycles. The molecule has 0 aromatic rings. The Morgan fingerprint density at radius 1 is 1.00 bits per heavy atom. The maximum atomic E-state index is 6.42. The molecule has 13 heavy (non-hydrogen) atoms. The Hall–Kier alpha value is -0.0400. The third-order valence-electron chi connectivity index (χ3n) is 3.36. The van der Waals surface area contributed by atoms with Gasteiger partial charge in [0.2, 0.25) is 0 Å². The molecule has 0 amide bonds. The molecule has 0 radical (unpaired) electrons. The molecule has 1 heteroatoms. The topological polar surface area (TPSA) is 26.0 Å². The molecule has 0 saturated carbocycles. The van der Waals surface area contributed by atoms with Crippen LogP contribution in [0.2, 0.25) is 0 Å². The normalized spacial score (nSPS) is 12.9. The zero-order chi connectivity index (χ0) is 10.5. The molecule has 0 aliphatic rings. The lowest BCUT2D eigenvalue weighted by Crippen LogP contribution is -2.49. The molecule has 1 nitrogen and oxygen atoms in total. The van der Waals surface area contributed by atoms with Crippen LogP contribution in [0.3, 0.4) is 0 Å². The molecular formula is C12H27N. The third kappa shape index (κ3) is 3.68. The Kier molecular flexibility index (Phi) is 5.62. The molecule has 80 valence electrons. The van der Waals surface area contributed by atoms with Crippen molar-refractivity contribution in [2.75, 3.05) is 0 Å². The molecule has 0 saturated heterocycles. The Labute approximate surface area is 84.1 Å². The average molecular weight is 185 g/mol. The van der Waals surface area contributed by atoms with Gasteiger partial charge in [-0.3, -0.25) is 0 Å². The highest BCUT2D eigenvalue weighted by Crippen LogP contribution is 2.28. The second kappa shape index (κ2) is 5.64. The fourth-order valence-electron chi connectivity index (χ4n) is 1.93. The van der Waals surface area contributed by atoms with E-state index in [2.05, 4.69) is 34.6 Å². The van der Waals surface area contributed by atoms with E-state index in [4.69, 9.17) is 5.73 Å². The summed E-state index contributed by atoms with van der Waals surface area (Å²) < 4.78 is 0. The predicted octanol–water partition coefficient (Wildman–Crippen LogP) is 3.58. The zero-order valence-corrected chi connectivity index (χ0v) is 10.1. The number of hydrogen-bond acceptors (Lipinski definition) is 1. The first-order chi connectivity index (χ1) is 5.95. The van der Waals surface area contributed by atoms with E-state index in [1.54, 1.807) is 0 Å². The number of rotatable bonds is 6. The SMILES string of the molecule is CCCCCC(N)(C(C)C)C(C)C. The predicted molar refractivity (Wildman–Crippen MR) is 60.7 cm³/mol. The molecular weight excluding hydrogens is 158 g/mol. The van der Waals surface area contributed by atoms with Crippen LogP contribution in [0.4, 0.5) is 0 Å². The van der Waals surface area contributed by atoms with Crippen molar-refractivity contribution in [3.63, 3.8) is 0 Å². The molecule has 0 aliphatic heterocycles. The molecule has 0 unspecified atom stereocenters. The minimum atomic E-state index is 0.0508. The van der Waals surface area contributed by atoms with Crippen molar-refractivity contribution in [1.82, 2.24) is 0 Å². The molecule has 2 N–H and O–H groups in total. The first kappa shape index (κ1) is 13.0. The lowest BCUT2D eigenvalue weighted by atomic mass is 9.74. The van der Waals surface area contributed by atoms with Gasteiger partial charge in [-0.05, 0) is 18.3 Å². The highest BCUT2D eigenvalue weighted by atomic mass is 14.8. The Morgan fingerprint density at radius 2 is 1.46 bits per heavy atom. The third-order valence-corrected chi connectivity index (χ3v) is 3.36. The quantitative estimate of drug-likeness (QED) is 0.629. The maximum absolute atomic E-state index is 6.42. The van der Waals surface area contributed by atoms with E-state index in [1.165, 1.54) is 25.7 Å². The smallest absolute Gasteiger partial charge is 0.0200 e. The van der Waals surface area contributed by atoms with Crippen molar-refractivity contribution in [1.29, 1.82) is 0 Å². The summed E-state index contributed by atoms with van der Waals surface area (Å²) in [7, 11) is 0. The van der Waals surface area contributed by atoms with Gasteiger partial charge in [-0.25, -0.2) is 0 Å². The molecule has 0 bridgehead atoms. The first-order valence-electron chi connectivity index (χ1n) is 5.74. The van der Waals surface area contributed by atoms with Crippen molar-refractivity contribution in [2.45, 2.75) is 65.8 Å². The van der Waals surface area contributed by atoms with Gasteiger partial charge in [0, 0.05) is 5.54 Å². The molecule has 0 spiro atoms. The van der Waals surface area contributed by atoms with E-state index in [1.807, 2.05) is 0 Å². The largest absolute Gasteiger partial charge is 0.325 e. The van der Waals surface area contributed by atoms with Gasteiger partial charge in [0.25, 0.3) is 0 Å². The molecule has 0 heterocycles. The summed E-state index contributed by atoms with van der Waals surface area (Å²) in [6.07, 6.45) is 5.06. The average Bonchev–Trinajstić information content (AvgIpc) is 2.03. The highest BCUT2D eigenvalue weighted by Gasteiger charge is 2.31. The Bertz CT molecular complexity index is 119. The van der Waals surface area contributed by atoms with Gasteiger partial charge in [0.05, 0.1) is 0 Å². The van der Waals surface area contributed by atoms with Gasteiger partial charge in [-0.1, -0.05) is 53.9 Å². The van der Waals surface area contributed by atoms with Crippen LogP contribution in [0.25, 0.3) is 0 Å². The van der Waals surface area contributed by atoms with Gasteiger partial charge in [0.15, 0.2) is 0 Å². The lowest BCUT2D eigenvalue weighted by molar-refractivity contribution is 0.202. The second-order valence-corrected chi connectivity index (χ2v) is 4.88. The number of nitrogens with two attached hydrogens (primary N) is 1. The van der Waals surface area contributed by atoms with Gasteiger partial charge in [-0.15, -0.1) is 0 Å². The Morgan fingerprint density at radius 3 is 1.77 bits per heavy atom. The van der Waals surface area contributed by atoms with Crippen molar-refractivity contribution in [3.8, 4) is 0 Å². The van der Waals surface area contributed by atoms with Crippen LogP contribution in [0, 0.1) is 11.8 Å². The van der Waals surface area contributed by atoms with E-state index >= 15 is 0 Å². The summed E-state index contributed by atoms with van der Waals surface area (Å²) in [4.78, 5) is 0. The van der Waals surface area contributed by atoms with Crippen molar-refractivity contribution in [3.05, 3.63) is 0 Å². The summed E-state index contributed by atoms with van der Waals surface area (Å²) in [5.74, 6) is 1.17. The van der Waals surface area contributed by atoms with Crippen molar-refractivity contribution < 1.29 is 0 Å². The summed E-state index contributed by atoms with van der Waals surface area (Å²) in [5.41, 5.74) is 6.48. The van der Waals surface area contributed by atoms with Gasteiger partial charge >= 0.3 is 0 Å². The van der Waals surface area contributed by atoms with Crippen LogP contribution < -0.4 is 5.73 Å². The van der Waals surface area contributed by atoms with E-state index in [0.29, 0.717) is 11.8 Å². The lowest BCUT2D eigenvalue weighted by Gasteiger charge is -2.38. The fourth-order valence-corrected chi connectivity index (χ4v) is 1.93. The van der Waals surface area contributed by atoms with Gasteiger partial charge in [0.1, 0.15) is 0 Å². The Balaban J connectivity index is 4.09. The van der Waals surface area contributed by atoms with Crippen molar-refractivity contribution >= 4 is 0 Å². The molecule has 0 fully saturated rings. The molecule has 0 aromatic heterocycles. The fraction of sp³-hybridized carbons (Fsp3) is 1.00. The zero-order valence-electron chi connectivity index (χ0n) is 10.1. The number of unbranched alkanes of at least 4 members (excludes halogenated alkanes) is 2. The van der Waals surface area contributed by atoms with Crippen LogP contribution >= 0.6 is 0 Å². The monoisotopic (exact) mass is 185 g/mol. The highest BCUT2D eigenvalue weighted by molar-refractivity contribution is 4.89. The van der Waals surface area contributed by atoms with Crippen LogP contribution in [-0.2, 0) is 0 Å². The van der Waals surface area contributed by atoms with Crippen LogP contribution in [-0.4, -0.2) is 5.54 Å². The minimum Gasteiger partial charge on any atom is -0.325 e.